The fourth-order valence-corrected chi connectivity index (χ4v) is 3.28. The summed E-state index contributed by atoms with van der Waals surface area (Å²) in [6, 6.07) is 0. The Bertz CT molecular complexity index is 384. The molecule has 2 aliphatic rings. The van der Waals surface area contributed by atoms with E-state index in [1.807, 2.05) is 6.92 Å². The minimum Gasteiger partial charge on any atom is -0.479 e. The number of rotatable bonds is 7. The van der Waals surface area contributed by atoms with Crippen molar-refractivity contribution in [1.29, 1.82) is 0 Å². The van der Waals surface area contributed by atoms with Crippen molar-refractivity contribution in [3.05, 3.63) is 0 Å². The maximum atomic E-state index is 10.3. The summed E-state index contributed by atoms with van der Waals surface area (Å²) < 4.78 is 0. The molecule has 2 fully saturated rings. The fraction of sp³-hybridized carbons (Fsp3) is 0.857. The van der Waals surface area contributed by atoms with Gasteiger partial charge in [-0.1, -0.05) is 12.1 Å². The van der Waals surface area contributed by atoms with Gasteiger partial charge in [-0.25, -0.2) is 4.79 Å². The van der Waals surface area contributed by atoms with Gasteiger partial charge in [-0.3, -0.25) is 0 Å². The first-order valence-corrected chi connectivity index (χ1v) is 7.29. The van der Waals surface area contributed by atoms with Crippen LogP contribution in [-0.2, 0) is 9.63 Å². The topological polar surface area (TPSA) is 99.4 Å². The Kier molecular flexibility index (Phi) is 4.99. The molecular weight excluding hydrogens is 262 g/mol. The van der Waals surface area contributed by atoms with Crippen LogP contribution in [0.1, 0.15) is 39.0 Å². The molecule has 0 aromatic carbocycles. The fourth-order valence-electron chi connectivity index (χ4n) is 3.28. The molecule has 6 nitrogen and oxygen atoms in total. The van der Waals surface area contributed by atoms with Gasteiger partial charge in [-0.05, 0) is 43.9 Å². The Morgan fingerprint density at radius 3 is 2.95 bits per heavy atom. The van der Waals surface area contributed by atoms with E-state index in [2.05, 4.69) is 5.16 Å². The molecule has 0 aromatic heterocycles. The molecule has 0 saturated heterocycles. The predicted octanol–water partition coefficient (Wildman–Crippen LogP) is 1.01. The van der Waals surface area contributed by atoms with Crippen LogP contribution >= 0.6 is 0 Å². The van der Waals surface area contributed by atoms with E-state index < -0.39 is 12.6 Å². The molecule has 5 unspecified atom stereocenters. The highest BCUT2D eigenvalue weighted by atomic mass is 16.6. The van der Waals surface area contributed by atoms with Gasteiger partial charge in [0.05, 0.1) is 17.9 Å². The Labute approximate surface area is 118 Å². The summed E-state index contributed by atoms with van der Waals surface area (Å²) in [5.74, 6) is -0.380. The molecular formula is C14H23NO5. The van der Waals surface area contributed by atoms with Crippen LogP contribution in [0.5, 0.6) is 0 Å². The molecule has 0 spiro atoms. The van der Waals surface area contributed by atoms with Gasteiger partial charge in [0.25, 0.3) is 0 Å². The first-order chi connectivity index (χ1) is 9.52. The van der Waals surface area contributed by atoms with Crippen molar-refractivity contribution in [2.24, 2.45) is 22.9 Å². The molecule has 5 atom stereocenters. The van der Waals surface area contributed by atoms with E-state index in [1.165, 1.54) is 0 Å². The normalized spacial score (nSPS) is 35.5. The zero-order valence-corrected chi connectivity index (χ0v) is 11.7. The van der Waals surface area contributed by atoms with E-state index in [0.29, 0.717) is 6.42 Å². The molecule has 0 heterocycles. The van der Waals surface area contributed by atoms with Crippen LogP contribution < -0.4 is 0 Å². The largest absolute Gasteiger partial charge is 0.479 e. The maximum absolute atomic E-state index is 10.3. The third kappa shape index (κ3) is 3.30. The first-order valence-electron chi connectivity index (χ1n) is 7.29. The van der Waals surface area contributed by atoms with E-state index in [0.717, 1.165) is 31.4 Å². The monoisotopic (exact) mass is 285 g/mol. The summed E-state index contributed by atoms with van der Waals surface area (Å²) in [5.41, 5.74) is 0.869. The molecule has 2 rings (SSSR count). The minimum absolute atomic E-state index is 0.207. The van der Waals surface area contributed by atoms with Crippen LogP contribution in [0.15, 0.2) is 5.16 Å². The third-order valence-electron chi connectivity index (χ3n) is 4.58. The molecule has 2 aliphatic carbocycles. The van der Waals surface area contributed by atoms with Crippen molar-refractivity contribution < 1.29 is 25.0 Å². The number of hydrogen-bond acceptors (Lipinski definition) is 5. The Morgan fingerprint density at radius 2 is 2.30 bits per heavy atom. The highest BCUT2D eigenvalue weighted by molar-refractivity contribution is 5.93. The Balaban J connectivity index is 1.80. The van der Waals surface area contributed by atoms with Gasteiger partial charge in [0, 0.05) is 5.92 Å². The van der Waals surface area contributed by atoms with E-state index >= 15 is 0 Å². The number of carboxylic acids is 1. The average Bonchev–Trinajstić information content (AvgIpc) is 2.63. The van der Waals surface area contributed by atoms with Crippen molar-refractivity contribution in [3.8, 4) is 0 Å². The lowest BCUT2D eigenvalue weighted by molar-refractivity contribution is -0.142. The lowest BCUT2D eigenvalue weighted by Crippen LogP contribution is -2.38. The number of aliphatic hydroxyl groups excluding tert-OH is 2. The van der Waals surface area contributed by atoms with Crippen molar-refractivity contribution in [3.63, 3.8) is 0 Å². The first kappa shape index (κ1) is 15.3. The number of fused-ring (bicyclic) bond motifs is 1. The molecule has 0 bridgehead atoms. The molecule has 0 radical (unpaired) electrons. The van der Waals surface area contributed by atoms with E-state index in [9.17, 15) is 15.0 Å². The SMILES string of the molecule is CCC(O)CCC1CC2/C(=N\OCC(=O)O)CC2C1O. The van der Waals surface area contributed by atoms with Crippen molar-refractivity contribution in [1.82, 2.24) is 0 Å². The maximum Gasteiger partial charge on any atom is 0.344 e. The van der Waals surface area contributed by atoms with Crippen LogP contribution in [0.2, 0.25) is 0 Å². The number of aliphatic hydroxyl groups is 2. The summed E-state index contributed by atoms with van der Waals surface area (Å²) in [5, 5.41) is 32.2. The minimum atomic E-state index is -1.04. The van der Waals surface area contributed by atoms with E-state index in [4.69, 9.17) is 9.94 Å². The number of oxime groups is 1. The van der Waals surface area contributed by atoms with Crippen LogP contribution in [0, 0.1) is 17.8 Å². The zero-order chi connectivity index (χ0) is 14.7. The van der Waals surface area contributed by atoms with Crippen molar-refractivity contribution in [2.45, 2.75) is 51.2 Å². The summed E-state index contributed by atoms with van der Waals surface area (Å²) in [4.78, 5) is 15.1. The molecule has 2 saturated carbocycles. The van der Waals surface area contributed by atoms with Crippen molar-refractivity contribution in [2.75, 3.05) is 6.61 Å². The summed E-state index contributed by atoms with van der Waals surface area (Å²) in [7, 11) is 0. The second kappa shape index (κ2) is 6.54. The molecule has 3 N–H and O–H groups in total. The third-order valence-corrected chi connectivity index (χ3v) is 4.58. The van der Waals surface area contributed by atoms with Gasteiger partial charge < -0.3 is 20.2 Å². The highest BCUT2D eigenvalue weighted by Crippen LogP contribution is 2.49. The lowest BCUT2D eigenvalue weighted by atomic mass is 9.73. The van der Waals surface area contributed by atoms with Gasteiger partial charge in [0.15, 0.2) is 0 Å². The highest BCUT2D eigenvalue weighted by Gasteiger charge is 2.51. The molecule has 20 heavy (non-hydrogen) atoms. The van der Waals surface area contributed by atoms with Gasteiger partial charge in [-0.2, -0.15) is 0 Å². The smallest absolute Gasteiger partial charge is 0.344 e. The summed E-state index contributed by atoms with van der Waals surface area (Å²) in [6.07, 6.45) is 3.22. The molecule has 0 aliphatic heterocycles. The summed E-state index contributed by atoms with van der Waals surface area (Å²) in [6.45, 7) is 1.53. The number of aliphatic carboxylic acids is 1. The quantitative estimate of drug-likeness (QED) is 0.606. The standard InChI is InChI=1S/C14H23NO5/c1-2-9(16)4-3-8-5-10-11(14(8)19)6-12(10)15-20-7-13(17)18/h8-11,14,16,19H,2-7H2,1H3,(H,17,18)/b15-12-. The van der Waals surface area contributed by atoms with Gasteiger partial charge in [-0.15, -0.1) is 0 Å². The average molecular weight is 285 g/mol. The molecule has 0 amide bonds. The number of carboxylic acid groups (broad SMARTS) is 1. The second-order valence-electron chi connectivity index (χ2n) is 5.85. The summed E-state index contributed by atoms with van der Waals surface area (Å²) >= 11 is 0. The van der Waals surface area contributed by atoms with E-state index in [1.54, 1.807) is 0 Å². The number of carbonyl (C=O) groups is 1. The van der Waals surface area contributed by atoms with E-state index in [-0.39, 0.29) is 30.0 Å². The molecule has 0 aromatic rings. The van der Waals surface area contributed by atoms with Crippen molar-refractivity contribution >= 4 is 11.7 Å². The van der Waals surface area contributed by atoms with Crippen LogP contribution in [0.25, 0.3) is 0 Å². The zero-order valence-electron chi connectivity index (χ0n) is 11.7. The number of nitrogens with zero attached hydrogens (tertiary/aromatic N) is 1. The Hall–Kier alpha value is -1.14. The van der Waals surface area contributed by atoms with Crippen LogP contribution in [0.3, 0.4) is 0 Å². The van der Waals surface area contributed by atoms with Gasteiger partial charge >= 0.3 is 5.97 Å². The van der Waals surface area contributed by atoms with Crippen LogP contribution in [0.4, 0.5) is 0 Å². The molecule has 114 valence electrons. The second-order valence-corrected chi connectivity index (χ2v) is 5.85. The number of hydrogen-bond donors (Lipinski definition) is 3. The molecule has 6 heteroatoms. The Morgan fingerprint density at radius 1 is 1.55 bits per heavy atom. The predicted molar refractivity (Wildman–Crippen MR) is 72.3 cm³/mol. The lowest BCUT2D eigenvalue weighted by Gasteiger charge is -2.33. The van der Waals surface area contributed by atoms with Gasteiger partial charge in [0.1, 0.15) is 0 Å². The van der Waals surface area contributed by atoms with Gasteiger partial charge in [0.2, 0.25) is 6.61 Å². The van der Waals surface area contributed by atoms with Crippen LogP contribution in [-0.4, -0.2) is 45.8 Å².